The molecule has 0 bridgehead atoms. The first-order valence-electron chi connectivity index (χ1n) is 7.70. The second-order valence-electron chi connectivity index (χ2n) is 6.20. The van der Waals surface area contributed by atoms with Crippen LogP contribution in [0.2, 0.25) is 0 Å². The molecule has 0 unspecified atom stereocenters. The van der Waals surface area contributed by atoms with Crippen LogP contribution in [0.5, 0.6) is 5.75 Å². The zero-order valence-electron chi connectivity index (χ0n) is 14.2. The Balaban J connectivity index is 2.35. The van der Waals surface area contributed by atoms with E-state index in [4.69, 9.17) is 10.5 Å². The molecule has 0 fully saturated rings. The lowest BCUT2D eigenvalue weighted by Crippen LogP contribution is -2.31. The van der Waals surface area contributed by atoms with Crippen LogP contribution in [0.15, 0.2) is 40.5 Å². The lowest BCUT2D eigenvalue weighted by Gasteiger charge is -2.27. The van der Waals surface area contributed by atoms with Gasteiger partial charge in [-0.05, 0) is 37.5 Å². The lowest BCUT2D eigenvalue weighted by molar-refractivity contribution is 0.389. The minimum Gasteiger partial charge on any atom is -0.440 e. The minimum atomic E-state index is -0.516. The van der Waals surface area contributed by atoms with E-state index in [2.05, 4.69) is 6.07 Å². The summed E-state index contributed by atoms with van der Waals surface area (Å²) in [6, 6.07) is 9.83. The molecular weight excluding hydrogens is 302 g/mol. The summed E-state index contributed by atoms with van der Waals surface area (Å²) in [5.41, 5.74) is 10.4. The number of aromatic nitrogens is 1. The van der Waals surface area contributed by atoms with Crippen LogP contribution in [-0.4, -0.2) is 4.57 Å². The Morgan fingerprint density at radius 2 is 1.92 bits per heavy atom. The van der Waals surface area contributed by atoms with Crippen LogP contribution >= 0.6 is 0 Å². The van der Waals surface area contributed by atoms with Crippen molar-refractivity contribution in [3.63, 3.8) is 0 Å². The van der Waals surface area contributed by atoms with Crippen molar-refractivity contribution in [1.82, 2.24) is 4.57 Å². The first-order valence-corrected chi connectivity index (χ1v) is 7.70. The van der Waals surface area contributed by atoms with E-state index in [0.717, 1.165) is 22.4 Å². The normalized spacial score (nSPS) is 16.4. The van der Waals surface area contributed by atoms with Gasteiger partial charge in [-0.1, -0.05) is 18.2 Å². The highest BCUT2D eigenvalue weighted by molar-refractivity contribution is 5.55. The fraction of sp³-hybridized carbons (Fsp3) is 0.263. The average Bonchev–Trinajstić information content (AvgIpc) is 2.54. The van der Waals surface area contributed by atoms with E-state index in [1.807, 2.05) is 39.0 Å². The van der Waals surface area contributed by atoms with Gasteiger partial charge in [0.1, 0.15) is 17.4 Å². The van der Waals surface area contributed by atoms with Gasteiger partial charge in [0.05, 0.1) is 11.5 Å². The molecule has 24 heavy (non-hydrogen) atoms. The van der Waals surface area contributed by atoms with Gasteiger partial charge < -0.3 is 15.0 Å². The fourth-order valence-corrected chi connectivity index (χ4v) is 3.02. The molecule has 1 aromatic heterocycles. The lowest BCUT2D eigenvalue weighted by atomic mass is 9.83. The first-order chi connectivity index (χ1) is 11.3. The molecule has 122 valence electrons. The number of rotatable bonds is 1. The summed E-state index contributed by atoms with van der Waals surface area (Å²) in [4.78, 5) is 12.8. The second kappa shape index (κ2) is 5.57. The highest BCUT2D eigenvalue weighted by atomic mass is 16.5. The Bertz CT molecular complexity index is 977. The Hall–Kier alpha value is -3.00. The number of benzene rings is 1. The van der Waals surface area contributed by atoms with Crippen molar-refractivity contribution < 1.29 is 4.74 Å². The van der Waals surface area contributed by atoms with Crippen molar-refractivity contribution in [2.45, 2.75) is 26.7 Å². The number of allylic oxidation sites excluding steroid dienone is 1. The quantitative estimate of drug-likeness (QED) is 0.875. The molecule has 0 saturated carbocycles. The third-order valence-electron chi connectivity index (χ3n) is 4.72. The van der Waals surface area contributed by atoms with Gasteiger partial charge in [0.2, 0.25) is 5.88 Å². The number of ether oxygens (including phenoxy) is 1. The molecule has 2 aromatic rings. The minimum absolute atomic E-state index is 0.0564. The van der Waals surface area contributed by atoms with Crippen molar-refractivity contribution in [2.24, 2.45) is 12.8 Å². The van der Waals surface area contributed by atoms with Crippen molar-refractivity contribution in [2.75, 3.05) is 0 Å². The summed E-state index contributed by atoms with van der Waals surface area (Å²) < 4.78 is 7.14. The van der Waals surface area contributed by atoms with Crippen molar-refractivity contribution >= 4 is 0 Å². The molecular formula is C19H19N3O2. The summed E-state index contributed by atoms with van der Waals surface area (Å²) in [6.45, 7) is 5.86. The molecule has 1 aromatic carbocycles. The van der Waals surface area contributed by atoms with Crippen LogP contribution in [0.25, 0.3) is 0 Å². The zero-order chi connectivity index (χ0) is 17.6. The molecule has 0 amide bonds. The maximum absolute atomic E-state index is 12.8. The van der Waals surface area contributed by atoms with Gasteiger partial charge in [0.15, 0.2) is 0 Å². The van der Waals surface area contributed by atoms with Crippen molar-refractivity contribution in [3.8, 4) is 11.8 Å². The largest absolute Gasteiger partial charge is 0.440 e. The molecule has 0 saturated heterocycles. The molecule has 1 atom stereocenters. The number of fused-ring (bicyclic) bond motifs is 1. The Kier molecular flexibility index (Phi) is 3.69. The third-order valence-corrected chi connectivity index (χ3v) is 4.72. The number of nitriles is 1. The maximum Gasteiger partial charge on any atom is 0.258 e. The number of hydrogen-bond donors (Lipinski definition) is 1. The average molecular weight is 321 g/mol. The molecule has 5 nitrogen and oxygen atoms in total. The summed E-state index contributed by atoms with van der Waals surface area (Å²) >= 11 is 0. The van der Waals surface area contributed by atoms with Gasteiger partial charge in [-0.2, -0.15) is 5.26 Å². The smallest absolute Gasteiger partial charge is 0.258 e. The fourth-order valence-electron chi connectivity index (χ4n) is 3.02. The molecule has 0 radical (unpaired) electrons. The van der Waals surface area contributed by atoms with E-state index in [1.54, 1.807) is 17.7 Å². The van der Waals surface area contributed by atoms with Crippen LogP contribution < -0.4 is 16.0 Å². The molecule has 1 aliphatic rings. The second-order valence-corrected chi connectivity index (χ2v) is 6.20. The predicted octanol–water partition coefficient (Wildman–Crippen LogP) is 2.53. The van der Waals surface area contributed by atoms with Crippen LogP contribution in [0.4, 0.5) is 0 Å². The molecule has 0 spiro atoms. The monoisotopic (exact) mass is 321 g/mol. The Morgan fingerprint density at radius 1 is 1.21 bits per heavy atom. The first kappa shape index (κ1) is 15.9. The molecule has 5 heteroatoms. The molecule has 2 N–H and O–H groups in total. The standard InChI is InChI=1S/C19H19N3O2/c1-10-5-6-13(7-11(10)2)16-14(9-20)18(21)24-15-8-12(3)22(4)19(23)17(15)16/h5-8,16H,21H2,1-4H3/t16-/m1/s1. The van der Waals surface area contributed by atoms with Crippen LogP contribution in [-0.2, 0) is 7.05 Å². The number of aryl methyl sites for hydroxylation is 3. The van der Waals surface area contributed by atoms with Crippen LogP contribution in [0.3, 0.4) is 0 Å². The van der Waals surface area contributed by atoms with E-state index in [1.165, 1.54) is 0 Å². The van der Waals surface area contributed by atoms with E-state index >= 15 is 0 Å². The number of nitrogens with zero attached hydrogens (tertiary/aromatic N) is 2. The predicted molar refractivity (Wildman–Crippen MR) is 91.6 cm³/mol. The summed E-state index contributed by atoms with van der Waals surface area (Å²) in [7, 11) is 1.71. The van der Waals surface area contributed by atoms with Gasteiger partial charge in [0, 0.05) is 18.8 Å². The molecule has 1 aliphatic heterocycles. The Morgan fingerprint density at radius 3 is 2.54 bits per heavy atom. The van der Waals surface area contributed by atoms with Gasteiger partial charge in [0.25, 0.3) is 5.56 Å². The number of nitrogens with two attached hydrogens (primary N) is 1. The van der Waals surface area contributed by atoms with E-state index in [-0.39, 0.29) is 17.0 Å². The van der Waals surface area contributed by atoms with Crippen LogP contribution in [0.1, 0.15) is 33.9 Å². The van der Waals surface area contributed by atoms with Gasteiger partial charge in [-0.25, -0.2) is 0 Å². The number of hydrogen-bond acceptors (Lipinski definition) is 4. The summed E-state index contributed by atoms with van der Waals surface area (Å²) in [6.07, 6.45) is 0. The summed E-state index contributed by atoms with van der Waals surface area (Å²) in [5.74, 6) is -0.0337. The van der Waals surface area contributed by atoms with Gasteiger partial charge >= 0.3 is 0 Å². The molecule has 0 aliphatic carbocycles. The maximum atomic E-state index is 12.8. The highest BCUT2D eigenvalue weighted by Gasteiger charge is 2.34. The highest BCUT2D eigenvalue weighted by Crippen LogP contribution is 2.40. The van der Waals surface area contributed by atoms with E-state index in [0.29, 0.717) is 11.3 Å². The van der Waals surface area contributed by atoms with E-state index < -0.39 is 5.92 Å². The topological polar surface area (TPSA) is 81.0 Å². The number of pyridine rings is 1. The van der Waals surface area contributed by atoms with Crippen molar-refractivity contribution in [1.29, 1.82) is 5.26 Å². The Labute approximate surface area is 140 Å². The molecule has 3 rings (SSSR count). The van der Waals surface area contributed by atoms with E-state index in [9.17, 15) is 10.1 Å². The third kappa shape index (κ3) is 2.28. The van der Waals surface area contributed by atoms with Gasteiger partial charge in [-0.3, -0.25) is 4.79 Å². The SMILES string of the molecule is Cc1ccc([C@@H]2C(C#N)=C(N)Oc3cc(C)n(C)c(=O)c32)cc1C. The van der Waals surface area contributed by atoms with Gasteiger partial charge in [-0.15, -0.1) is 0 Å². The van der Waals surface area contributed by atoms with Crippen LogP contribution in [0, 0.1) is 32.1 Å². The molecule has 2 heterocycles. The summed E-state index contributed by atoms with van der Waals surface area (Å²) in [5, 5.41) is 9.58. The van der Waals surface area contributed by atoms with Crippen molar-refractivity contribution in [3.05, 3.63) is 74.0 Å². The zero-order valence-corrected chi connectivity index (χ0v) is 14.2.